The Bertz CT molecular complexity index is 375. The Morgan fingerprint density at radius 1 is 0.579 bits per heavy atom. The zero-order valence-electron chi connectivity index (χ0n) is 10.5. The molecule has 0 radical (unpaired) electrons. The van der Waals surface area contributed by atoms with E-state index < -0.39 is 11.8 Å². The van der Waals surface area contributed by atoms with Gasteiger partial charge in [-0.05, 0) is 25.9 Å². The van der Waals surface area contributed by atoms with Crippen LogP contribution in [0.15, 0.2) is 0 Å². The van der Waals surface area contributed by atoms with E-state index >= 15 is 0 Å². The van der Waals surface area contributed by atoms with Gasteiger partial charge < -0.3 is 11.5 Å². The zero-order valence-corrected chi connectivity index (χ0v) is 11.6. The summed E-state index contributed by atoms with van der Waals surface area (Å²) in [7, 11) is 0. The second-order valence-corrected chi connectivity index (χ2v) is 7.27. The van der Waals surface area contributed by atoms with Crippen molar-refractivity contribution >= 4 is 0 Å². The van der Waals surface area contributed by atoms with Crippen LogP contribution in [0.3, 0.4) is 0 Å². The Kier molecular flexibility index (Phi) is 9.99. The minimum absolute atomic E-state index is 0.824. The van der Waals surface area contributed by atoms with Crippen LogP contribution in [0.25, 0.3) is 0 Å². The number of nitrogens with two attached hydrogens (primary N) is 2. The Balaban J connectivity index is 0. The first-order chi connectivity index (χ1) is 9.03. The Hall–Kier alpha value is -2.11. The van der Waals surface area contributed by atoms with Crippen LogP contribution >= 0.6 is 0 Å². The van der Waals surface area contributed by atoms with Crippen molar-refractivity contribution in [3.8, 4) is 24.8 Å². The summed E-state index contributed by atoms with van der Waals surface area (Å²) in [5, 5.41) is 41.8. The molecular formula is C11H16FeN7. The molecule has 0 spiro atoms. The van der Waals surface area contributed by atoms with Crippen molar-refractivity contribution in [2.24, 2.45) is 11.5 Å². The average molecular weight is 302 g/mol. The van der Waals surface area contributed by atoms with E-state index in [2.05, 4.69) is 0 Å². The monoisotopic (exact) mass is 302 g/mol. The summed E-state index contributed by atoms with van der Waals surface area (Å²) in [5.74, 6) is 0. The van der Waals surface area contributed by atoms with Crippen molar-refractivity contribution < 1.29 is 11.8 Å². The van der Waals surface area contributed by atoms with E-state index in [9.17, 15) is 0 Å². The maximum absolute atomic E-state index is 8.35. The van der Waals surface area contributed by atoms with Gasteiger partial charge >= 0.3 is 62.9 Å². The van der Waals surface area contributed by atoms with Gasteiger partial charge in [0.15, 0.2) is 0 Å². The fraction of sp³-hybridized carbons (Fsp3) is 0.545. The normalized spacial score (nSPS) is 10.7. The minimum Gasteiger partial charge on any atom is -0.330 e. The molecule has 0 saturated heterocycles. The van der Waals surface area contributed by atoms with Crippen molar-refractivity contribution in [3.05, 3.63) is 0 Å². The standard InChI is InChI=1S/C6H16N2.5CN.Fe/c7-5-3-1-2-4-6-8;5*1-2;/h1-8H2;;;;;;. The SMILES string of the molecule is N#[C][Fe]([C]#N)([C]#N)([C]#N)[C]#N.NCCCCCCN. The van der Waals surface area contributed by atoms with Gasteiger partial charge in [-0.3, -0.25) is 0 Å². The quantitative estimate of drug-likeness (QED) is 0.551. The molecule has 103 valence electrons. The van der Waals surface area contributed by atoms with Crippen LogP contribution < -0.4 is 11.5 Å². The van der Waals surface area contributed by atoms with Crippen LogP contribution in [0, 0.1) is 51.1 Å². The van der Waals surface area contributed by atoms with Gasteiger partial charge in [-0.1, -0.05) is 12.8 Å². The molecule has 0 rings (SSSR count). The van der Waals surface area contributed by atoms with Gasteiger partial charge in [-0.15, -0.1) is 0 Å². The number of hydrogen-bond acceptors (Lipinski definition) is 7. The molecule has 0 aliphatic carbocycles. The Morgan fingerprint density at radius 2 is 0.842 bits per heavy atom. The van der Waals surface area contributed by atoms with Crippen LogP contribution in [0.1, 0.15) is 25.7 Å². The van der Waals surface area contributed by atoms with Crippen LogP contribution in [-0.4, -0.2) is 13.1 Å². The third-order valence-electron chi connectivity index (χ3n) is 1.95. The zero-order chi connectivity index (χ0) is 15.2. The van der Waals surface area contributed by atoms with Crippen LogP contribution in [0.2, 0.25) is 0 Å². The molecule has 0 heterocycles. The first kappa shape index (κ1) is 19.2. The van der Waals surface area contributed by atoms with Gasteiger partial charge in [0.25, 0.3) is 0 Å². The number of nitriles is 5. The summed E-state index contributed by atoms with van der Waals surface area (Å²) in [6, 6.07) is 0. The summed E-state index contributed by atoms with van der Waals surface area (Å²) in [6.07, 6.45) is 4.79. The number of nitrogens with zero attached hydrogens (tertiary/aromatic N) is 5. The van der Waals surface area contributed by atoms with Crippen LogP contribution in [-0.2, 0) is 11.8 Å². The minimum atomic E-state index is -4.78. The van der Waals surface area contributed by atoms with E-state index in [0.29, 0.717) is 0 Å². The van der Waals surface area contributed by atoms with Gasteiger partial charge in [0.2, 0.25) is 0 Å². The predicted octanol–water partition coefficient (Wildman–Crippen LogP) is 0.546. The van der Waals surface area contributed by atoms with Crippen LogP contribution in [0.4, 0.5) is 0 Å². The number of rotatable bonds is 5. The molecule has 0 aromatic rings. The molecule has 7 nitrogen and oxygen atoms in total. The van der Waals surface area contributed by atoms with E-state index in [0.717, 1.165) is 25.9 Å². The fourth-order valence-electron chi connectivity index (χ4n) is 0.819. The molecule has 4 N–H and O–H groups in total. The Morgan fingerprint density at radius 3 is 0.947 bits per heavy atom. The molecule has 0 aromatic heterocycles. The van der Waals surface area contributed by atoms with Gasteiger partial charge in [0.05, 0.1) is 0 Å². The average Bonchev–Trinajstić information content (AvgIpc) is 2.49. The smallest absolute Gasteiger partial charge is 0.00773 e. The number of hydrogen-bond donors (Lipinski definition) is 2. The molecule has 0 bridgehead atoms. The third-order valence-corrected chi connectivity index (χ3v) is 4.42. The maximum atomic E-state index is 8.35. The van der Waals surface area contributed by atoms with Gasteiger partial charge in [0.1, 0.15) is 0 Å². The molecular weight excluding hydrogens is 286 g/mol. The topological polar surface area (TPSA) is 171 Å². The molecule has 0 fully saturated rings. The molecule has 0 unspecified atom stereocenters. The molecule has 0 aromatic carbocycles. The molecule has 19 heavy (non-hydrogen) atoms. The van der Waals surface area contributed by atoms with Crippen molar-refractivity contribution in [2.75, 3.05) is 13.1 Å². The van der Waals surface area contributed by atoms with Crippen molar-refractivity contribution in [1.82, 2.24) is 0 Å². The second kappa shape index (κ2) is 9.87. The van der Waals surface area contributed by atoms with E-state index in [4.69, 9.17) is 37.8 Å². The van der Waals surface area contributed by atoms with E-state index in [1.165, 1.54) is 37.7 Å². The van der Waals surface area contributed by atoms with E-state index in [1.807, 2.05) is 0 Å². The molecule has 0 amide bonds. The van der Waals surface area contributed by atoms with E-state index in [-0.39, 0.29) is 0 Å². The van der Waals surface area contributed by atoms with Gasteiger partial charge in [-0.2, -0.15) is 0 Å². The van der Waals surface area contributed by atoms with Gasteiger partial charge in [0, 0.05) is 0 Å². The van der Waals surface area contributed by atoms with Crippen molar-refractivity contribution in [2.45, 2.75) is 25.7 Å². The van der Waals surface area contributed by atoms with Crippen molar-refractivity contribution in [1.29, 1.82) is 26.3 Å². The first-order valence-electron chi connectivity index (χ1n) is 5.32. The molecule has 0 aliphatic heterocycles. The molecule has 0 aliphatic rings. The summed E-state index contributed by atoms with van der Waals surface area (Å²) in [5.41, 5.74) is 10.6. The third kappa shape index (κ3) is 5.85. The predicted molar refractivity (Wildman–Crippen MR) is 64.6 cm³/mol. The molecule has 0 saturated carbocycles. The van der Waals surface area contributed by atoms with Crippen LogP contribution in [0.5, 0.6) is 0 Å². The largest absolute Gasteiger partial charge is 0.330 e. The van der Waals surface area contributed by atoms with E-state index in [1.54, 1.807) is 0 Å². The fourth-order valence-corrected chi connectivity index (χ4v) is 1.37. The summed E-state index contributed by atoms with van der Waals surface area (Å²) in [6.45, 7) is 1.65. The molecule has 0 atom stereocenters. The second-order valence-electron chi connectivity index (χ2n) is 3.27. The summed E-state index contributed by atoms with van der Waals surface area (Å²) >= 11 is -4.78. The van der Waals surface area contributed by atoms with Crippen molar-refractivity contribution in [3.63, 3.8) is 0 Å². The molecule has 8 heteroatoms. The number of unbranched alkanes of at least 4 members (excludes halogenated alkanes) is 3. The summed E-state index contributed by atoms with van der Waals surface area (Å²) in [4.78, 5) is 6.12. The first-order valence-corrected chi connectivity index (χ1v) is 8.08. The Labute approximate surface area is 113 Å². The summed E-state index contributed by atoms with van der Waals surface area (Å²) < 4.78 is 0. The maximum Gasteiger partial charge on any atom is -0.00773 e. The van der Waals surface area contributed by atoms with Gasteiger partial charge in [-0.25, -0.2) is 0 Å².